The molecule has 0 radical (unpaired) electrons. The summed E-state index contributed by atoms with van der Waals surface area (Å²) in [4.78, 5) is 29.0. The van der Waals surface area contributed by atoms with Gasteiger partial charge in [-0.1, -0.05) is 54.1 Å². The number of hydrogen-bond acceptors (Lipinski definition) is 6. The lowest BCUT2D eigenvalue weighted by Crippen LogP contribution is -2.51. The second-order valence-corrected chi connectivity index (χ2v) is 12.8. The Kier molecular flexibility index (Phi) is 10.3. The van der Waals surface area contributed by atoms with Crippen molar-refractivity contribution in [3.05, 3.63) is 88.9 Å². The maximum absolute atomic E-state index is 13.9. The standard InChI is InChI=1S/C31H36ClN3O6S/c1-22(2)33-31(37)27(18-23-9-5-4-6-10-23)34(20-24-11-7-12-25(32)17-24)30(36)13-8-16-35(42(3,38)39)26-14-15-28-29(19-26)41-21-40-28/h4-7,9-12,14-15,17,19,22,27H,8,13,16,18,20-21H2,1-3H3,(H,33,37)/t27-/m1/s1. The van der Waals surface area contributed by atoms with E-state index < -0.39 is 16.1 Å². The molecule has 0 unspecified atom stereocenters. The molecule has 42 heavy (non-hydrogen) atoms. The molecule has 0 aliphatic carbocycles. The Morgan fingerprint density at radius 3 is 2.36 bits per heavy atom. The smallest absolute Gasteiger partial charge is 0.243 e. The van der Waals surface area contributed by atoms with Crippen LogP contribution >= 0.6 is 11.6 Å². The number of anilines is 1. The van der Waals surface area contributed by atoms with Crippen molar-refractivity contribution in [3.8, 4) is 11.5 Å². The molecule has 11 heteroatoms. The normalized spacial score (nSPS) is 13.1. The number of benzene rings is 3. The van der Waals surface area contributed by atoms with Gasteiger partial charge in [0.25, 0.3) is 0 Å². The van der Waals surface area contributed by atoms with Crippen LogP contribution in [0.25, 0.3) is 0 Å². The van der Waals surface area contributed by atoms with Gasteiger partial charge in [0.15, 0.2) is 11.5 Å². The first-order valence-corrected chi connectivity index (χ1v) is 16.0. The third-order valence-electron chi connectivity index (χ3n) is 6.74. The van der Waals surface area contributed by atoms with Crippen molar-refractivity contribution >= 4 is 39.1 Å². The molecule has 0 bridgehead atoms. The zero-order chi connectivity index (χ0) is 30.3. The average molecular weight is 614 g/mol. The van der Waals surface area contributed by atoms with Gasteiger partial charge in [0.1, 0.15) is 6.04 Å². The first-order valence-electron chi connectivity index (χ1n) is 13.8. The Morgan fingerprint density at radius 1 is 0.952 bits per heavy atom. The van der Waals surface area contributed by atoms with Crippen LogP contribution in [-0.4, -0.2) is 56.8 Å². The SMILES string of the molecule is CC(C)NC(=O)[C@@H](Cc1ccccc1)N(Cc1cccc(Cl)c1)C(=O)CCCN(c1ccc2c(c1)OCO2)S(C)(=O)=O. The van der Waals surface area contributed by atoms with Crippen molar-refractivity contribution in [3.63, 3.8) is 0 Å². The molecule has 1 N–H and O–H groups in total. The summed E-state index contributed by atoms with van der Waals surface area (Å²) in [5.41, 5.74) is 2.11. The Balaban J connectivity index is 1.57. The van der Waals surface area contributed by atoms with Crippen LogP contribution in [0.5, 0.6) is 11.5 Å². The minimum absolute atomic E-state index is 0.0252. The van der Waals surface area contributed by atoms with Crippen molar-refractivity contribution in [2.24, 2.45) is 0 Å². The van der Waals surface area contributed by atoms with Gasteiger partial charge in [0.2, 0.25) is 28.6 Å². The minimum Gasteiger partial charge on any atom is -0.454 e. The molecule has 1 aliphatic rings. The number of carbonyl (C=O) groups excluding carboxylic acids is 2. The maximum Gasteiger partial charge on any atom is 0.243 e. The van der Waals surface area contributed by atoms with Gasteiger partial charge in [-0.15, -0.1) is 0 Å². The van der Waals surface area contributed by atoms with Gasteiger partial charge in [-0.25, -0.2) is 8.42 Å². The van der Waals surface area contributed by atoms with Gasteiger partial charge in [-0.3, -0.25) is 13.9 Å². The van der Waals surface area contributed by atoms with Crippen LogP contribution in [0.2, 0.25) is 5.02 Å². The fraction of sp³-hybridized carbons (Fsp3) is 0.355. The Labute approximate surface area is 252 Å². The maximum atomic E-state index is 13.9. The molecule has 224 valence electrons. The summed E-state index contributed by atoms with van der Waals surface area (Å²) in [7, 11) is -3.66. The molecule has 1 heterocycles. The number of carbonyl (C=O) groups is 2. The highest BCUT2D eigenvalue weighted by molar-refractivity contribution is 7.92. The quantitative estimate of drug-likeness (QED) is 0.298. The summed E-state index contributed by atoms with van der Waals surface area (Å²) >= 11 is 6.24. The summed E-state index contributed by atoms with van der Waals surface area (Å²) in [6.45, 7) is 4.05. The summed E-state index contributed by atoms with van der Waals surface area (Å²) in [5.74, 6) is 0.476. The lowest BCUT2D eigenvalue weighted by atomic mass is 10.0. The predicted octanol–water partition coefficient (Wildman–Crippen LogP) is 4.78. The Morgan fingerprint density at radius 2 is 1.67 bits per heavy atom. The van der Waals surface area contributed by atoms with Crippen LogP contribution in [0.1, 0.15) is 37.8 Å². The number of rotatable bonds is 13. The first-order chi connectivity index (χ1) is 20.0. The van der Waals surface area contributed by atoms with E-state index in [2.05, 4.69) is 5.32 Å². The number of ether oxygens (including phenoxy) is 2. The monoisotopic (exact) mass is 613 g/mol. The number of amides is 2. The average Bonchev–Trinajstić information content (AvgIpc) is 3.40. The van der Waals surface area contributed by atoms with Crippen molar-refractivity contribution in [2.75, 3.05) is 23.9 Å². The van der Waals surface area contributed by atoms with Crippen LogP contribution < -0.4 is 19.1 Å². The second kappa shape index (κ2) is 13.9. The summed E-state index contributed by atoms with van der Waals surface area (Å²) in [5, 5.41) is 3.49. The largest absolute Gasteiger partial charge is 0.454 e. The highest BCUT2D eigenvalue weighted by Crippen LogP contribution is 2.36. The van der Waals surface area contributed by atoms with Gasteiger partial charge in [-0.2, -0.15) is 0 Å². The predicted molar refractivity (Wildman–Crippen MR) is 163 cm³/mol. The van der Waals surface area contributed by atoms with E-state index in [9.17, 15) is 18.0 Å². The highest BCUT2D eigenvalue weighted by Gasteiger charge is 2.31. The number of fused-ring (bicyclic) bond motifs is 1. The zero-order valence-electron chi connectivity index (χ0n) is 24.0. The van der Waals surface area contributed by atoms with E-state index in [4.69, 9.17) is 21.1 Å². The van der Waals surface area contributed by atoms with E-state index in [1.807, 2.05) is 50.2 Å². The fourth-order valence-electron chi connectivity index (χ4n) is 4.81. The number of nitrogens with zero attached hydrogens (tertiary/aromatic N) is 2. The van der Waals surface area contributed by atoms with Gasteiger partial charge in [0.05, 0.1) is 11.9 Å². The van der Waals surface area contributed by atoms with E-state index in [-0.39, 0.29) is 50.6 Å². The first kappa shape index (κ1) is 31.2. The van der Waals surface area contributed by atoms with Crippen LogP contribution in [0.3, 0.4) is 0 Å². The van der Waals surface area contributed by atoms with Crippen molar-refractivity contribution in [1.82, 2.24) is 10.2 Å². The molecular formula is C31H36ClN3O6S. The van der Waals surface area contributed by atoms with Crippen LogP contribution in [0.15, 0.2) is 72.8 Å². The zero-order valence-corrected chi connectivity index (χ0v) is 25.5. The van der Waals surface area contributed by atoms with Crippen molar-refractivity contribution in [1.29, 1.82) is 0 Å². The van der Waals surface area contributed by atoms with Crippen LogP contribution in [0.4, 0.5) is 5.69 Å². The molecule has 9 nitrogen and oxygen atoms in total. The molecule has 3 aromatic rings. The second-order valence-electron chi connectivity index (χ2n) is 10.5. The summed E-state index contributed by atoms with van der Waals surface area (Å²) in [6, 6.07) is 20.7. The Hall–Kier alpha value is -3.76. The van der Waals surface area contributed by atoms with E-state index in [1.165, 1.54) is 4.31 Å². The summed E-state index contributed by atoms with van der Waals surface area (Å²) in [6.07, 6.45) is 1.70. The van der Waals surface area contributed by atoms with Gasteiger partial charge >= 0.3 is 0 Å². The molecule has 0 spiro atoms. The third kappa shape index (κ3) is 8.39. The van der Waals surface area contributed by atoms with E-state index in [0.717, 1.165) is 17.4 Å². The molecule has 3 aromatic carbocycles. The van der Waals surface area contributed by atoms with Gasteiger partial charge in [-0.05, 0) is 55.7 Å². The molecule has 4 rings (SSSR count). The van der Waals surface area contributed by atoms with Gasteiger partial charge in [0, 0.05) is 43.1 Å². The fourth-order valence-corrected chi connectivity index (χ4v) is 5.98. The van der Waals surface area contributed by atoms with E-state index >= 15 is 0 Å². The topological polar surface area (TPSA) is 105 Å². The molecule has 1 atom stereocenters. The molecule has 0 saturated heterocycles. The van der Waals surface area contributed by atoms with Crippen molar-refractivity contribution in [2.45, 2.75) is 51.7 Å². The van der Waals surface area contributed by atoms with E-state index in [0.29, 0.717) is 28.6 Å². The molecule has 2 amide bonds. The number of nitrogens with one attached hydrogen (secondary N) is 1. The minimum atomic E-state index is -3.66. The van der Waals surface area contributed by atoms with Crippen LogP contribution in [-0.2, 0) is 32.6 Å². The van der Waals surface area contributed by atoms with E-state index in [1.54, 1.807) is 41.3 Å². The Bertz CT molecular complexity index is 1500. The highest BCUT2D eigenvalue weighted by atomic mass is 35.5. The van der Waals surface area contributed by atoms with Crippen molar-refractivity contribution < 1.29 is 27.5 Å². The lowest BCUT2D eigenvalue weighted by Gasteiger charge is -2.32. The molecule has 1 aliphatic heterocycles. The van der Waals surface area contributed by atoms with Crippen LogP contribution in [0, 0.1) is 0 Å². The number of hydrogen-bond donors (Lipinski definition) is 1. The lowest BCUT2D eigenvalue weighted by molar-refractivity contribution is -0.141. The third-order valence-corrected chi connectivity index (χ3v) is 8.17. The number of halogens is 1. The molecule has 0 saturated carbocycles. The molecular weight excluding hydrogens is 578 g/mol. The molecule has 0 fully saturated rings. The number of sulfonamides is 1. The molecule has 0 aromatic heterocycles. The summed E-state index contributed by atoms with van der Waals surface area (Å²) < 4.78 is 37.4. The van der Waals surface area contributed by atoms with Gasteiger partial charge < -0.3 is 19.7 Å².